The SMILES string of the molecule is N/C(CN(Cc1cc(F)ccc1Cl)C1CCCC1)=N/O. The molecule has 4 nitrogen and oxygen atoms in total. The van der Waals surface area contributed by atoms with E-state index in [4.69, 9.17) is 22.5 Å². The molecule has 0 bridgehead atoms. The van der Waals surface area contributed by atoms with Gasteiger partial charge in [0.25, 0.3) is 0 Å². The predicted octanol–water partition coefficient (Wildman–Crippen LogP) is 2.97. The molecule has 0 heterocycles. The summed E-state index contributed by atoms with van der Waals surface area (Å²) in [5.41, 5.74) is 6.34. The third kappa shape index (κ3) is 3.84. The molecule has 1 aromatic rings. The van der Waals surface area contributed by atoms with Gasteiger partial charge in [-0.2, -0.15) is 0 Å². The van der Waals surface area contributed by atoms with E-state index < -0.39 is 0 Å². The molecule has 0 atom stereocenters. The van der Waals surface area contributed by atoms with Crippen LogP contribution in [0.1, 0.15) is 31.2 Å². The first-order valence-electron chi connectivity index (χ1n) is 6.74. The smallest absolute Gasteiger partial charge is 0.153 e. The highest BCUT2D eigenvalue weighted by Gasteiger charge is 2.24. The normalized spacial score (nSPS) is 17.1. The van der Waals surface area contributed by atoms with E-state index in [1.165, 1.54) is 25.0 Å². The molecule has 0 unspecified atom stereocenters. The van der Waals surface area contributed by atoms with Crippen LogP contribution < -0.4 is 5.73 Å². The van der Waals surface area contributed by atoms with Crippen molar-refractivity contribution in [2.75, 3.05) is 6.54 Å². The highest BCUT2D eigenvalue weighted by atomic mass is 35.5. The summed E-state index contributed by atoms with van der Waals surface area (Å²) in [6, 6.07) is 4.71. The molecule has 0 aliphatic heterocycles. The molecule has 1 aromatic carbocycles. The van der Waals surface area contributed by atoms with Gasteiger partial charge in [0.2, 0.25) is 0 Å². The molecule has 0 spiro atoms. The summed E-state index contributed by atoms with van der Waals surface area (Å²) in [5.74, 6) is -0.149. The molecule has 1 fully saturated rings. The van der Waals surface area contributed by atoms with E-state index in [0.717, 1.165) is 18.4 Å². The Morgan fingerprint density at radius 3 is 2.80 bits per heavy atom. The minimum atomic E-state index is -0.306. The van der Waals surface area contributed by atoms with Crippen LogP contribution in [-0.2, 0) is 6.54 Å². The van der Waals surface area contributed by atoms with Crippen LogP contribution in [-0.4, -0.2) is 28.5 Å². The fourth-order valence-electron chi connectivity index (χ4n) is 2.71. The monoisotopic (exact) mass is 299 g/mol. The Hall–Kier alpha value is -1.33. The standard InChI is InChI=1S/C14H19ClFN3O/c15-13-6-5-11(16)7-10(13)8-19(9-14(17)18-20)12-3-1-2-4-12/h5-7,12,20H,1-4,8-9H2,(H2,17,18). The number of halogens is 2. The molecule has 0 aromatic heterocycles. The van der Waals surface area contributed by atoms with E-state index >= 15 is 0 Å². The minimum absolute atomic E-state index is 0.157. The molecule has 20 heavy (non-hydrogen) atoms. The van der Waals surface area contributed by atoms with Gasteiger partial charge >= 0.3 is 0 Å². The number of nitrogens with zero attached hydrogens (tertiary/aromatic N) is 2. The van der Waals surface area contributed by atoms with Crippen molar-refractivity contribution in [3.8, 4) is 0 Å². The Balaban J connectivity index is 2.15. The van der Waals surface area contributed by atoms with Crippen molar-refractivity contribution in [1.82, 2.24) is 4.90 Å². The lowest BCUT2D eigenvalue weighted by molar-refractivity contribution is 0.214. The molecule has 110 valence electrons. The van der Waals surface area contributed by atoms with E-state index in [2.05, 4.69) is 10.1 Å². The van der Waals surface area contributed by atoms with E-state index in [1.807, 2.05) is 0 Å². The van der Waals surface area contributed by atoms with E-state index in [0.29, 0.717) is 24.2 Å². The van der Waals surface area contributed by atoms with Crippen LogP contribution in [0.25, 0.3) is 0 Å². The van der Waals surface area contributed by atoms with Gasteiger partial charge < -0.3 is 10.9 Å². The topological polar surface area (TPSA) is 61.8 Å². The van der Waals surface area contributed by atoms with Crippen molar-refractivity contribution in [2.24, 2.45) is 10.9 Å². The predicted molar refractivity (Wildman–Crippen MR) is 77.5 cm³/mol. The van der Waals surface area contributed by atoms with Gasteiger partial charge in [0.1, 0.15) is 5.82 Å². The van der Waals surface area contributed by atoms with Crippen LogP contribution in [0.5, 0.6) is 0 Å². The highest BCUT2D eigenvalue weighted by Crippen LogP contribution is 2.26. The van der Waals surface area contributed by atoms with Crippen LogP contribution in [0.3, 0.4) is 0 Å². The number of rotatable bonds is 5. The van der Waals surface area contributed by atoms with E-state index in [9.17, 15) is 4.39 Å². The van der Waals surface area contributed by atoms with Gasteiger partial charge in [0, 0.05) is 17.6 Å². The van der Waals surface area contributed by atoms with Crippen LogP contribution in [0, 0.1) is 5.82 Å². The largest absolute Gasteiger partial charge is 0.409 e. The van der Waals surface area contributed by atoms with Crippen LogP contribution in [0.15, 0.2) is 23.4 Å². The van der Waals surface area contributed by atoms with E-state index in [1.54, 1.807) is 6.07 Å². The Morgan fingerprint density at radius 2 is 2.15 bits per heavy atom. The zero-order valence-corrected chi connectivity index (χ0v) is 12.0. The second-order valence-corrected chi connectivity index (χ2v) is 5.58. The minimum Gasteiger partial charge on any atom is -0.409 e. The summed E-state index contributed by atoms with van der Waals surface area (Å²) in [4.78, 5) is 2.10. The van der Waals surface area contributed by atoms with Crippen LogP contribution in [0.2, 0.25) is 5.02 Å². The second-order valence-electron chi connectivity index (χ2n) is 5.17. The Bertz CT molecular complexity index is 489. The first-order valence-corrected chi connectivity index (χ1v) is 7.12. The van der Waals surface area contributed by atoms with Gasteiger partial charge in [0.05, 0.1) is 6.54 Å². The molecule has 1 aliphatic rings. The fourth-order valence-corrected chi connectivity index (χ4v) is 2.88. The second kappa shape index (κ2) is 6.90. The van der Waals surface area contributed by atoms with Crippen molar-refractivity contribution in [1.29, 1.82) is 0 Å². The van der Waals surface area contributed by atoms with Gasteiger partial charge in [-0.1, -0.05) is 29.6 Å². The molecule has 0 saturated heterocycles. The average Bonchev–Trinajstić information content (AvgIpc) is 2.96. The maximum absolute atomic E-state index is 13.3. The van der Waals surface area contributed by atoms with Crippen molar-refractivity contribution in [2.45, 2.75) is 38.3 Å². The zero-order valence-electron chi connectivity index (χ0n) is 11.2. The Kier molecular flexibility index (Phi) is 5.20. The molecule has 1 saturated carbocycles. The van der Waals surface area contributed by atoms with Crippen molar-refractivity contribution >= 4 is 17.4 Å². The zero-order chi connectivity index (χ0) is 14.5. The number of oxime groups is 1. The van der Waals surface area contributed by atoms with Gasteiger partial charge in [0.15, 0.2) is 5.84 Å². The summed E-state index contributed by atoms with van der Waals surface area (Å²) in [5, 5.41) is 12.3. The molecule has 6 heteroatoms. The Labute approximate surface area is 123 Å². The summed E-state index contributed by atoms with van der Waals surface area (Å²) in [6.45, 7) is 0.853. The first kappa shape index (κ1) is 15.1. The van der Waals surface area contributed by atoms with Crippen LogP contribution in [0.4, 0.5) is 4.39 Å². The molecule has 0 radical (unpaired) electrons. The number of hydrogen-bond donors (Lipinski definition) is 2. The fraction of sp³-hybridized carbons (Fsp3) is 0.500. The maximum atomic E-state index is 13.3. The van der Waals surface area contributed by atoms with Crippen molar-refractivity contribution < 1.29 is 9.60 Å². The molecule has 3 N–H and O–H groups in total. The van der Waals surface area contributed by atoms with Gasteiger partial charge in [-0.3, -0.25) is 4.90 Å². The average molecular weight is 300 g/mol. The number of benzene rings is 1. The highest BCUT2D eigenvalue weighted by molar-refractivity contribution is 6.31. The lowest BCUT2D eigenvalue weighted by atomic mass is 10.1. The summed E-state index contributed by atoms with van der Waals surface area (Å²) in [6.07, 6.45) is 4.50. The van der Waals surface area contributed by atoms with Crippen molar-refractivity contribution in [3.05, 3.63) is 34.6 Å². The summed E-state index contributed by atoms with van der Waals surface area (Å²) >= 11 is 6.11. The summed E-state index contributed by atoms with van der Waals surface area (Å²) in [7, 11) is 0. The Morgan fingerprint density at radius 1 is 1.45 bits per heavy atom. The molecule has 1 aliphatic carbocycles. The maximum Gasteiger partial charge on any atom is 0.153 e. The van der Waals surface area contributed by atoms with Crippen molar-refractivity contribution in [3.63, 3.8) is 0 Å². The number of nitrogens with two attached hydrogens (primary N) is 1. The molecule has 2 rings (SSSR count). The van der Waals surface area contributed by atoms with E-state index in [-0.39, 0.29) is 11.7 Å². The van der Waals surface area contributed by atoms with Gasteiger partial charge in [-0.15, -0.1) is 0 Å². The lowest BCUT2D eigenvalue weighted by Gasteiger charge is -2.28. The molecular weight excluding hydrogens is 281 g/mol. The molecular formula is C14H19ClFN3O. The third-order valence-electron chi connectivity index (χ3n) is 3.72. The van der Waals surface area contributed by atoms with Gasteiger partial charge in [-0.25, -0.2) is 4.39 Å². The molecule has 0 amide bonds. The first-order chi connectivity index (χ1) is 9.60. The summed E-state index contributed by atoms with van der Waals surface area (Å²) < 4.78 is 13.3. The van der Waals surface area contributed by atoms with Crippen LogP contribution >= 0.6 is 11.6 Å². The quantitative estimate of drug-likeness (QED) is 0.380. The lowest BCUT2D eigenvalue weighted by Crippen LogP contribution is -2.39. The number of hydrogen-bond acceptors (Lipinski definition) is 3. The third-order valence-corrected chi connectivity index (χ3v) is 4.08. The van der Waals surface area contributed by atoms with Gasteiger partial charge in [-0.05, 0) is 36.6 Å². The number of amidine groups is 1.